The molecule has 3 aromatic rings. The highest BCUT2D eigenvalue weighted by Crippen LogP contribution is 2.39. The molecular formula is C20H20Cl2N4O. The van der Waals surface area contributed by atoms with Gasteiger partial charge in [0.15, 0.2) is 5.82 Å². The van der Waals surface area contributed by atoms with Crippen LogP contribution in [-0.2, 0) is 17.8 Å². The maximum absolute atomic E-state index is 6.46. The smallest absolute Gasteiger partial charge is 0.163 e. The molecule has 0 radical (unpaired) electrons. The summed E-state index contributed by atoms with van der Waals surface area (Å²) in [7, 11) is 4.09. The third-order valence-electron chi connectivity index (χ3n) is 4.66. The van der Waals surface area contributed by atoms with E-state index in [9.17, 15) is 0 Å². The number of aromatic nitrogens is 3. The van der Waals surface area contributed by atoms with E-state index < -0.39 is 0 Å². The molecule has 0 aliphatic carbocycles. The lowest BCUT2D eigenvalue weighted by molar-refractivity contribution is 0.0655. The Morgan fingerprint density at radius 1 is 1.11 bits per heavy atom. The largest absolute Gasteiger partial charge is 0.361 e. The topological polar surface area (TPSA) is 43.2 Å². The van der Waals surface area contributed by atoms with Crippen molar-refractivity contribution in [3.63, 3.8) is 0 Å². The molecule has 27 heavy (non-hydrogen) atoms. The maximum Gasteiger partial charge on any atom is 0.163 e. The minimum atomic E-state index is -0.323. The molecule has 1 aliphatic heterocycles. The first kappa shape index (κ1) is 18.4. The zero-order valence-corrected chi connectivity index (χ0v) is 16.7. The van der Waals surface area contributed by atoms with E-state index in [0.717, 1.165) is 41.4 Å². The van der Waals surface area contributed by atoms with Crippen LogP contribution in [0, 0.1) is 0 Å². The average molecular weight is 403 g/mol. The molecule has 0 saturated carbocycles. The Labute approximate surface area is 168 Å². The Kier molecular flexibility index (Phi) is 5.19. The molecule has 1 aliphatic rings. The third-order valence-corrected chi connectivity index (χ3v) is 5.24. The molecular weight excluding hydrogens is 383 g/mol. The molecule has 7 heteroatoms. The van der Waals surface area contributed by atoms with Crippen LogP contribution >= 0.6 is 23.2 Å². The van der Waals surface area contributed by atoms with Gasteiger partial charge in [0.25, 0.3) is 0 Å². The van der Waals surface area contributed by atoms with Crippen molar-refractivity contribution >= 4 is 23.2 Å². The average Bonchev–Trinajstić information content (AvgIpc) is 2.97. The van der Waals surface area contributed by atoms with Gasteiger partial charge in [-0.2, -0.15) is 0 Å². The number of ether oxygens (including phenoxy) is 1. The van der Waals surface area contributed by atoms with Gasteiger partial charge in [0, 0.05) is 34.1 Å². The number of nitrogens with zero attached hydrogens (tertiary/aromatic N) is 4. The fourth-order valence-electron chi connectivity index (χ4n) is 3.34. The zero-order valence-electron chi connectivity index (χ0n) is 15.2. The van der Waals surface area contributed by atoms with E-state index in [4.69, 9.17) is 27.9 Å². The van der Waals surface area contributed by atoms with Crippen LogP contribution in [-0.4, -0.2) is 40.3 Å². The van der Waals surface area contributed by atoms with E-state index >= 15 is 0 Å². The fraction of sp³-hybridized carbons (Fsp3) is 0.300. The molecule has 0 spiro atoms. The summed E-state index contributed by atoms with van der Waals surface area (Å²) in [6, 6.07) is 13.6. The normalized spacial score (nSPS) is 16.1. The van der Waals surface area contributed by atoms with Crippen LogP contribution in [0.1, 0.15) is 28.9 Å². The van der Waals surface area contributed by atoms with Crippen LogP contribution in [0.2, 0.25) is 10.0 Å². The number of hydrogen-bond acceptors (Lipinski definition) is 4. The molecule has 0 saturated heterocycles. The van der Waals surface area contributed by atoms with Crippen molar-refractivity contribution in [3.8, 4) is 5.69 Å². The number of halogens is 2. The number of benzene rings is 2. The van der Waals surface area contributed by atoms with Crippen molar-refractivity contribution in [2.24, 2.45) is 0 Å². The molecule has 0 amide bonds. The number of fused-ring (bicyclic) bond motifs is 3. The summed E-state index contributed by atoms with van der Waals surface area (Å²) in [5, 5.41) is 10.1. The lowest BCUT2D eigenvalue weighted by Gasteiger charge is -2.20. The van der Waals surface area contributed by atoms with Crippen LogP contribution in [0.5, 0.6) is 0 Å². The highest BCUT2D eigenvalue weighted by atomic mass is 35.5. The van der Waals surface area contributed by atoms with E-state index in [-0.39, 0.29) is 6.10 Å². The van der Waals surface area contributed by atoms with Gasteiger partial charge in [-0.3, -0.25) is 4.57 Å². The van der Waals surface area contributed by atoms with Gasteiger partial charge in [0.2, 0.25) is 0 Å². The Bertz CT molecular complexity index is 970. The second-order valence-corrected chi connectivity index (χ2v) is 7.68. The van der Waals surface area contributed by atoms with Crippen molar-refractivity contribution < 1.29 is 4.74 Å². The lowest BCUT2D eigenvalue weighted by Crippen LogP contribution is -2.17. The molecule has 1 unspecified atom stereocenters. The van der Waals surface area contributed by atoms with Crippen LogP contribution in [0.4, 0.5) is 0 Å². The van der Waals surface area contributed by atoms with Crippen molar-refractivity contribution in [2.75, 3.05) is 20.6 Å². The van der Waals surface area contributed by atoms with E-state index in [2.05, 4.69) is 19.7 Å². The first-order valence-electron chi connectivity index (χ1n) is 8.78. The van der Waals surface area contributed by atoms with Gasteiger partial charge in [0.05, 0.1) is 5.69 Å². The summed E-state index contributed by atoms with van der Waals surface area (Å²) in [5.74, 6) is 1.69. The predicted octanol–water partition coefficient (Wildman–Crippen LogP) is 4.30. The predicted molar refractivity (Wildman–Crippen MR) is 107 cm³/mol. The van der Waals surface area contributed by atoms with E-state index in [1.165, 1.54) is 0 Å². The van der Waals surface area contributed by atoms with Crippen LogP contribution in [0.15, 0.2) is 42.5 Å². The van der Waals surface area contributed by atoms with Gasteiger partial charge in [-0.25, -0.2) is 0 Å². The van der Waals surface area contributed by atoms with Gasteiger partial charge >= 0.3 is 0 Å². The second kappa shape index (κ2) is 7.60. The number of rotatable bonds is 4. The Hall–Kier alpha value is -1.92. The number of hydrogen-bond donors (Lipinski definition) is 0. The summed E-state index contributed by atoms with van der Waals surface area (Å²) in [4.78, 5) is 2.13. The molecule has 2 heterocycles. The quantitative estimate of drug-likeness (QED) is 0.652. The first-order chi connectivity index (χ1) is 13.0. The fourth-order valence-corrected chi connectivity index (χ4v) is 3.76. The van der Waals surface area contributed by atoms with Gasteiger partial charge in [0.1, 0.15) is 18.5 Å². The van der Waals surface area contributed by atoms with Crippen LogP contribution < -0.4 is 0 Å². The summed E-state index contributed by atoms with van der Waals surface area (Å²) >= 11 is 12.8. The molecule has 5 nitrogen and oxygen atoms in total. The Balaban J connectivity index is 1.85. The monoisotopic (exact) mass is 402 g/mol. The number of likely N-dealkylation sites (N-methyl/N-ethyl adjacent to an activating group) is 1. The Morgan fingerprint density at radius 2 is 1.93 bits per heavy atom. The second-order valence-electron chi connectivity index (χ2n) is 6.84. The highest BCUT2D eigenvalue weighted by molar-refractivity contribution is 6.31. The van der Waals surface area contributed by atoms with Crippen molar-refractivity contribution in [3.05, 3.63) is 75.3 Å². The minimum Gasteiger partial charge on any atom is -0.361 e. The maximum atomic E-state index is 6.46. The van der Waals surface area contributed by atoms with E-state index in [0.29, 0.717) is 16.7 Å². The van der Waals surface area contributed by atoms with Crippen LogP contribution in [0.25, 0.3) is 5.69 Å². The standard InChI is InChI=1S/C20H20Cl2N4O/c1-25(2)10-9-18-23-24-19-12-27-20(14-5-3-4-6-16(14)22)15-11-13(21)7-8-17(15)26(18)19/h3-8,11,20H,9-10,12H2,1-2H3. The summed E-state index contributed by atoms with van der Waals surface area (Å²) in [5.41, 5.74) is 2.85. The van der Waals surface area contributed by atoms with Crippen molar-refractivity contribution in [2.45, 2.75) is 19.1 Å². The molecule has 140 valence electrons. The van der Waals surface area contributed by atoms with Gasteiger partial charge in [-0.05, 0) is 38.4 Å². The van der Waals surface area contributed by atoms with Crippen molar-refractivity contribution in [1.82, 2.24) is 19.7 Å². The summed E-state index contributed by atoms with van der Waals surface area (Å²) < 4.78 is 8.33. The lowest BCUT2D eigenvalue weighted by atomic mass is 9.99. The van der Waals surface area contributed by atoms with E-state index in [1.807, 2.05) is 56.6 Å². The molecule has 0 fully saturated rings. The van der Waals surface area contributed by atoms with Crippen LogP contribution in [0.3, 0.4) is 0 Å². The first-order valence-corrected chi connectivity index (χ1v) is 9.54. The third kappa shape index (κ3) is 3.60. The van der Waals surface area contributed by atoms with Gasteiger partial charge in [-0.1, -0.05) is 41.4 Å². The summed E-state index contributed by atoms with van der Waals surface area (Å²) in [6.45, 7) is 1.23. The van der Waals surface area contributed by atoms with Crippen molar-refractivity contribution in [1.29, 1.82) is 0 Å². The molecule has 1 aromatic heterocycles. The molecule has 4 rings (SSSR count). The molecule has 2 aromatic carbocycles. The SMILES string of the molecule is CN(C)CCc1nnc2n1-c1ccc(Cl)cc1C(c1ccccc1Cl)OC2. The highest BCUT2D eigenvalue weighted by Gasteiger charge is 2.28. The van der Waals surface area contributed by atoms with E-state index in [1.54, 1.807) is 0 Å². The molecule has 0 N–H and O–H groups in total. The zero-order chi connectivity index (χ0) is 19.0. The summed E-state index contributed by atoms with van der Waals surface area (Å²) in [6.07, 6.45) is 0.467. The molecule has 1 atom stereocenters. The minimum absolute atomic E-state index is 0.323. The molecule has 0 bridgehead atoms. The van der Waals surface area contributed by atoms with Gasteiger partial charge < -0.3 is 9.64 Å². The van der Waals surface area contributed by atoms with Gasteiger partial charge in [-0.15, -0.1) is 10.2 Å². The Morgan fingerprint density at radius 3 is 2.70 bits per heavy atom.